The van der Waals surface area contributed by atoms with E-state index in [1.165, 1.54) is 0 Å². The molecule has 0 spiro atoms. The van der Waals surface area contributed by atoms with Crippen LogP contribution in [0.3, 0.4) is 0 Å². The molecule has 3 aromatic rings. The quantitative estimate of drug-likeness (QED) is 0.768. The van der Waals surface area contributed by atoms with Crippen LogP contribution in [0.1, 0.15) is 16.5 Å². The average molecular weight is 350 g/mol. The summed E-state index contributed by atoms with van der Waals surface area (Å²) < 4.78 is 10.8. The summed E-state index contributed by atoms with van der Waals surface area (Å²) in [4.78, 5) is 20.2. The molecule has 1 atom stereocenters. The highest BCUT2D eigenvalue weighted by molar-refractivity contribution is 8.00. The number of aromatic nitrogens is 1. The maximum Gasteiger partial charge on any atom is 0.257 e. The molecule has 0 bridgehead atoms. The van der Waals surface area contributed by atoms with Crippen LogP contribution in [0.2, 0.25) is 0 Å². The molecule has 2 aliphatic rings. The van der Waals surface area contributed by atoms with Crippen molar-refractivity contribution in [1.29, 1.82) is 0 Å². The van der Waals surface area contributed by atoms with Gasteiger partial charge in [-0.05, 0) is 35.2 Å². The molecule has 5 rings (SSSR count). The summed E-state index contributed by atoms with van der Waals surface area (Å²) in [5.74, 6) is 2.23. The molecule has 0 saturated heterocycles. The van der Waals surface area contributed by atoms with Gasteiger partial charge in [0.25, 0.3) is 5.56 Å². The zero-order valence-corrected chi connectivity index (χ0v) is 14.0. The fourth-order valence-corrected chi connectivity index (χ4v) is 4.21. The number of benzene rings is 2. The lowest BCUT2D eigenvalue weighted by atomic mass is 10.1. The molecular formula is C19H14N2O3S. The molecule has 25 heavy (non-hydrogen) atoms. The van der Waals surface area contributed by atoms with E-state index in [1.54, 1.807) is 11.8 Å². The van der Waals surface area contributed by atoms with Crippen LogP contribution in [-0.4, -0.2) is 23.2 Å². The summed E-state index contributed by atoms with van der Waals surface area (Å²) in [5.41, 5.74) is 3.29. The van der Waals surface area contributed by atoms with Crippen molar-refractivity contribution in [2.45, 2.75) is 5.37 Å². The Kier molecular flexibility index (Phi) is 3.31. The van der Waals surface area contributed by atoms with Gasteiger partial charge in [-0.15, -0.1) is 11.8 Å². The van der Waals surface area contributed by atoms with Crippen LogP contribution in [0.15, 0.2) is 58.3 Å². The SMILES string of the molecule is O=c1[nH]c2ccccc2cc1C1=NC(c2ccc3c(c2)OCO3)SC1. The van der Waals surface area contributed by atoms with E-state index < -0.39 is 0 Å². The number of pyridine rings is 1. The first kappa shape index (κ1) is 14.6. The molecular weight excluding hydrogens is 336 g/mol. The highest BCUT2D eigenvalue weighted by atomic mass is 32.2. The number of aliphatic imine (C=N–C) groups is 1. The van der Waals surface area contributed by atoms with Crippen LogP contribution in [0.25, 0.3) is 10.9 Å². The molecule has 1 unspecified atom stereocenters. The number of fused-ring (bicyclic) bond motifs is 2. The molecule has 3 heterocycles. The van der Waals surface area contributed by atoms with Gasteiger partial charge in [0, 0.05) is 11.3 Å². The minimum Gasteiger partial charge on any atom is -0.454 e. The van der Waals surface area contributed by atoms with E-state index in [1.807, 2.05) is 48.5 Å². The molecule has 6 heteroatoms. The Morgan fingerprint density at radius 2 is 1.96 bits per heavy atom. The Morgan fingerprint density at radius 3 is 2.92 bits per heavy atom. The molecule has 0 fully saturated rings. The van der Waals surface area contributed by atoms with Gasteiger partial charge in [-0.2, -0.15) is 0 Å². The average Bonchev–Trinajstić information content (AvgIpc) is 3.29. The highest BCUT2D eigenvalue weighted by Crippen LogP contribution is 2.41. The minimum atomic E-state index is -0.0932. The van der Waals surface area contributed by atoms with E-state index in [0.717, 1.165) is 33.7 Å². The van der Waals surface area contributed by atoms with E-state index in [-0.39, 0.29) is 17.7 Å². The molecule has 124 valence electrons. The van der Waals surface area contributed by atoms with Crippen LogP contribution in [0.4, 0.5) is 0 Å². The predicted molar refractivity (Wildman–Crippen MR) is 98.9 cm³/mol. The number of nitrogens with one attached hydrogen (secondary N) is 1. The molecule has 5 nitrogen and oxygen atoms in total. The Bertz CT molecular complexity index is 1070. The molecule has 2 aromatic carbocycles. The first-order valence-corrected chi connectivity index (χ1v) is 9.03. The van der Waals surface area contributed by atoms with Crippen molar-refractivity contribution in [2.24, 2.45) is 4.99 Å². The normalized spacial score (nSPS) is 18.6. The lowest BCUT2D eigenvalue weighted by Crippen LogP contribution is -2.18. The summed E-state index contributed by atoms with van der Waals surface area (Å²) in [6.07, 6.45) is 0. The largest absolute Gasteiger partial charge is 0.454 e. The van der Waals surface area contributed by atoms with Gasteiger partial charge in [-0.1, -0.05) is 24.3 Å². The molecule has 1 aromatic heterocycles. The fourth-order valence-electron chi connectivity index (χ4n) is 3.12. The number of H-pyrrole nitrogens is 1. The number of hydrogen-bond acceptors (Lipinski definition) is 5. The van der Waals surface area contributed by atoms with Gasteiger partial charge in [0.2, 0.25) is 6.79 Å². The molecule has 0 aliphatic carbocycles. The van der Waals surface area contributed by atoms with Crippen molar-refractivity contribution in [3.05, 3.63) is 70.0 Å². The monoisotopic (exact) mass is 350 g/mol. The molecule has 0 radical (unpaired) electrons. The van der Waals surface area contributed by atoms with Gasteiger partial charge in [0.15, 0.2) is 11.5 Å². The Morgan fingerprint density at radius 1 is 1.08 bits per heavy atom. The van der Waals surface area contributed by atoms with Crippen LogP contribution in [0, 0.1) is 0 Å². The third kappa shape index (κ3) is 2.49. The lowest BCUT2D eigenvalue weighted by Gasteiger charge is -2.07. The first-order chi connectivity index (χ1) is 12.3. The Hall–Kier alpha value is -2.73. The van der Waals surface area contributed by atoms with Gasteiger partial charge < -0.3 is 14.5 Å². The zero-order valence-electron chi connectivity index (χ0n) is 13.2. The molecule has 1 N–H and O–H groups in total. The fraction of sp³-hybridized carbons (Fsp3) is 0.158. The third-order valence-electron chi connectivity index (χ3n) is 4.40. The van der Waals surface area contributed by atoms with Crippen molar-refractivity contribution < 1.29 is 9.47 Å². The number of nitrogens with zero attached hydrogens (tertiary/aromatic N) is 1. The zero-order chi connectivity index (χ0) is 16.8. The summed E-state index contributed by atoms with van der Waals surface area (Å²) in [7, 11) is 0. The van der Waals surface area contributed by atoms with E-state index in [0.29, 0.717) is 11.3 Å². The summed E-state index contributed by atoms with van der Waals surface area (Å²) in [5, 5.41) is 0.978. The third-order valence-corrected chi connectivity index (χ3v) is 5.53. The molecule has 0 amide bonds. The Balaban J connectivity index is 1.52. The first-order valence-electron chi connectivity index (χ1n) is 7.98. The van der Waals surface area contributed by atoms with E-state index in [2.05, 4.69) is 4.98 Å². The predicted octanol–water partition coefficient (Wildman–Crippen LogP) is 3.49. The van der Waals surface area contributed by atoms with Gasteiger partial charge in [-0.25, -0.2) is 0 Å². The standard InChI is InChI=1S/C19H14N2O3S/c22-18-13(7-11-3-1-2-4-14(11)20-18)15-9-25-19(21-15)12-5-6-16-17(8-12)24-10-23-16/h1-8,19H,9-10H2,(H,20,22). The van der Waals surface area contributed by atoms with Crippen molar-refractivity contribution in [3.8, 4) is 11.5 Å². The van der Waals surface area contributed by atoms with Gasteiger partial charge in [-0.3, -0.25) is 9.79 Å². The lowest BCUT2D eigenvalue weighted by molar-refractivity contribution is 0.174. The number of rotatable bonds is 2. The van der Waals surface area contributed by atoms with Crippen molar-refractivity contribution in [1.82, 2.24) is 4.98 Å². The van der Waals surface area contributed by atoms with Gasteiger partial charge in [0.1, 0.15) is 5.37 Å². The van der Waals surface area contributed by atoms with E-state index in [4.69, 9.17) is 14.5 Å². The molecule has 0 saturated carbocycles. The topological polar surface area (TPSA) is 63.7 Å². The van der Waals surface area contributed by atoms with E-state index in [9.17, 15) is 4.79 Å². The minimum absolute atomic E-state index is 0.0321. The van der Waals surface area contributed by atoms with Crippen molar-refractivity contribution in [2.75, 3.05) is 12.5 Å². The number of ether oxygens (including phenoxy) is 2. The van der Waals surface area contributed by atoms with E-state index >= 15 is 0 Å². The van der Waals surface area contributed by atoms with Crippen molar-refractivity contribution in [3.63, 3.8) is 0 Å². The maximum atomic E-state index is 12.4. The van der Waals surface area contributed by atoms with Crippen LogP contribution < -0.4 is 15.0 Å². The van der Waals surface area contributed by atoms with Crippen LogP contribution in [0.5, 0.6) is 11.5 Å². The maximum absolute atomic E-state index is 12.4. The van der Waals surface area contributed by atoms with Crippen LogP contribution >= 0.6 is 11.8 Å². The smallest absolute Gasteiger partial charge is 0.257 e. The molecule has 2 aliphatic heterocycles. The van der Waals surface area contributed by atoms with Gasteiger partial charge in [0.05, 0.1) is 11.3 Å². The van der Waals surface area contributed by atoms with Crippen molar-refractivity contribution >= 4 is 28.4 Å². The highest BCUT2D eigenvalue weighted by Gasteiger charge is 2.24. The second-order valence-electron chi connectivity index (χ2n) is 5.95. The Labute approximate surface area is 147 Å². The number of para-hydroxylation sites is 1. The van der Waals surface area contributed by atoms with Crippen LogP contribution in [-0.2, 0) is 0 Å². The number of hydrogen-bond donors (Lipinski definition) is 1. The number of aromatic amines is 1. The summed E-state index contributed by atoms with van der Waals surface area (Å²) in [6, 6.07) is 15.6. The van der Waals surface area contributed by atoms with Gasteiger partial charge >= 0.3 is 0 Å². The summed E-state index contributed by atoms with van der Waals surface area (Å²) in [6.45, 7) is 0.261. The number of thioether (sulfide) groups is 1. The summed E-state index contributed by atoms with van der Waals surface area (Å²) >= 11 is 1.71. The second kappa shape index (κ2) is 5.67. The second-order valence-corrected chi connectivity index (χ2v) is 7.02.